The molecule has 2 aromatic carbocycles. The largest absolute Gasteiger partial charge is 0.871 e. The molecule has 0 saturated carbocycles. The Morgan fingerprint density at radius 2 is 2.00 bits per heavy atom. The molecule has 1 aliphatic rings. The van der Waals surface area contributed by atoms with E-state index < -0.39 is 5.63 Å². The van der Waals surface area contributed by atoms with Crippen LogP contribution in [0.2, 0.25) is 5.02 Å². The van der Waals surface area contributed by atoms with Gasteiger partial charge in [0.2, 0.25) is 0 Å². The molecule has 148 valence electrons. The Bertz CT molecular complexity index is 1010. The monoisotopic (exact) mass is 421 g/mol. The zero-order valence-corrected chi connectivity index (χ0v) is 16.7. The third-order valence-corrected chi connectivity index (χ3v) is 5.20. The van der Waals surface area contributed by atoms with Gasteiger partial charge in [-0.3, -0.25) is 0 Å². The second-order valence-electron chi connectivity index (χ2n) is 6.75. The molecule has 0 aliphatic carbocycles. The summed E-state index contributed by atoms with van der Waals surface area (Å²) in [6, 6.07) is 12.6. The summed E-state index contributed by atoms with van der Waals surface area (Å²) < 4.78 is 11.1. The molecule has 0 radical (unpaired) electrons. The van der Waals surface area contributed by atoms with Crippen LogP contribution in [0.3, 0.4) is 0 Å². The Balaban J connectivity index is 0.00000225. The van der Waals surface area contributed by atoms with Gasteiger partial charge in [-0.15, -0.1) is 12.4 Å². The van der Waals surface area contributed by atoms with Gasteiger partial charge in [-0.1, -0.05) is 47.7 Å². The molecule has 0 amide bonds. The maximum atomic E-state index is 12.6. The standard InChI is InChI=1S/C21H20ClNO4.ClH/c22-18-9-16-15(13-5-2-1-3-6-13)10-19(24)27-21(16)17(20(18)25)12-23-11-14-7-4-8-26-14;/h1-3,5-6,9-10,14,23,25H,4,7-8,11-12H2;1H. The van der Waals surface area contributed by atoms with Gasteiger partial charge in [0.05, 0.1) is 0 Å². The Morgan fingerprint density at radius 3 is 2.71 bits per heavy atom. The molecule has 1 fully saturated rings. The number of ether oxygens (including phenoxy) is 1. The molecule has 4 rings (SSSR count). The average Bonchev–Trinajstić information content (AvgIpc) is 3.19. The van der Waals surface area contributed by atoms with Crippen molar-refractivity contribution in [1.29, 1.82) is 0 Å². The lowest BCUT2D eigenvalue weighted by Crippen LogP contribution is -2.84. The van der Waals surface area contributed by atoms with Crippen LogP contribution < -0.4 is 16.0 Å². The van der Waals surface area contributed by atoms with Gasteiger partial charge in [-0.2, -0.15) is 0 Å². The van der Waals surface area contributed by atoms with E-state index in [-0.39, 0.29) is 29.3 Å². The summed E-state index contributed by atoms with van der Waals surface area (Å²) >= 11 is 6.23. The highest BCUT2D eigenvalue weighted by Gasteiger charge is 2.19. The average molecular weight is 422 g/mol. The first-order chi connectivity index (χ1) is 13.1. The molecule has 2 N–H and O–H groups in total. The maximum Gasteiger partial charge on any atom is 0.336 e. The first-order valence-corrected chi connectivity index (χ1v) is 9.46. The van der Waals surface area contributed by atoms with E-state index in [0.717, 1.165) is 31.6 Å². The molecule has 5 nitrogen and oxygen atoms in total. The van der Waals surface area contributed by atoms with Crippen molar-refractivity contribution in [3.63, 3.8) is 0 Å². The van der Waals surface area contributed by atoms with Crippen molar-refractivity contribution in [3.8, 4) is 16.9 Å². The Morgan fingerprint density at radius 1 is 1.21 bits per heavy atom. The fourth-order valence-corrected chi connectivity index (χ4v) is 3.82. The van der Waals surface area contributed by atoms with Gasteiger partial charge in [-0.05, 0) is 30.0 Å². The molecule has 1 unspecified atom stereocenters. The fraction of sp³-hybridized carbons (Fsp3) is 0.286. The maximum absolute atomic E-state index is 12.6. The van der Waals surface area contributed by atoms with Gasteiger partial charge in [0.15, 0.2) is 0 Å². The summed E-state index contributed by atoms with van der Waals surface area (Å²) in [6.45, 7) is 1.94. The topological polar surface area (TPSA) is 79.1 Å². The first kappa shape index (κ1) is 20.7. The molecule has 2 heterocycles. The summed E-state index contributed by atoms with van der Waals surface area (Å²) in [5.41, 5.74) is 1.84. The van der Waals surface area contributed by atoms with Crippen LogP contribution in [0.25, 0.3) is 22.1 Å². The second kappa shape index (κ2) is 8.97. The molecule has 3 aromatic rings. The van der Waals surface area contributed by atoms with Crippen molar-refractivity contribution in [3.05, 3.63) is 63.5 Å². The molecule has 1 atom stereocenters. The molecule has 28 heavy (non-hydrogen) atoms. The van der Waals surface area contributed by atoms with Gasteiger partial charge in [0.1, 0.15) is 24.8 Å². The van der Waals surface area contributed by atoms with Crippen molar-refractivity contribution < 1.29 is 19.6 Å². The van der Waals surface area contributed by atoms with Crippen LogP contribution >= 0.6 is 24.0 Å². The third-order valence-electron chi connectivity index (χ3n) is 4.92. The van der Waals surface area contributed by atoms with E-state index in [0.29, 0.717) is 28.6 Å². The molecular formula is C21H21Cl2NO4. The van der Waals surface area contributed by atoms with Gasteiger partial charge >= 0.3 is 5.63 Å². The number of halogens is 2. The van der Waals surface area contributed by atoms with Crippen LogP contribution in [0, 0.1) is 0 Å². The Labute approximate surface area is 173 Å². The highest BCUT2D eigenvalue weighted by Crippen LogP contribution is 2.36. The van der Waals surface area contributed by atoms with Crippen molar-refractivity contribution >= 4 is 35.0 Å². The SMILES string of the molecule is Cl.O=c1cc(-c2ccccc2)c2cc(Cl)c([O-])c(C[NH2+]CC3CCCO3)c2o1. The van der Waals surface area contributed by atoms with E-state index >= 15 is 0 Å². The summed E-state index contributed by atoms with van der Waals surface area (Å²) in [6.07, 6.45) is 2.31. The van der Waals surface area contributed by atoms with E-state index in [1.165, 1.54) is 6.07 Å². The molecule has 7 heteroatoms. The number of quaternary nitrogens is 1. The summed E-state index contributed by atoms with van der Waals surface area (Å²) in [7, 11) is 0. The Hall–Kier alpha value is -2.05. The normalized spacial score (nSPS) is 16.2. The van der Waals surface area contributed by atoms with E-state index in [4.69, 9.17) is 20.8 Å². The number of benzene rings is 2. The van der Waals surface area contributed by atoms with Crippen molar-refractivity contribution in [2.75, 3.05) is 13.2 Å². The number of nitrogens with two attached hydrogens (primary N) is 1. The zero-order chi connectivity index (χ0) is 18.8. The number of rotatable bonds is 5. The third kappa shape index (κ3) is 4.18. The lowest BCUT2D eigenvalue weighted by Gasteiger charge is -2.18. The van der Waals surface area contributed by atoms with Crippen LogP contribution in [0.15, 0.2) is 51.7 Å². The molecule has 1 aliphatic heterocycles. The highest BCUT2D eigenvalue weighted by atomic mass is 35.5. The van der Waals surface area contributed by atoms with Crippen molar-refractivity contribution in [2.24, 2.45) is 0 Å². The fourth-order valence-electron chi connectivity index (χ4n) is 3.60. The number of hydrogen-bond acceptors (Lipinski definition) is 4. The van der Waals surface area contributed by atoms with E-state index in [1.54, 1.807) is 6.07 Å². The van der Waals surface area contributed by atoms with Gasteiger partial charge in [0, 0.05) is 28.6 Å². The van der Waals surface area contributed by atoms with Gasteiger partial charge in [-0.25, -0.2) is 4.79 Å². The second-order valence-corrected chi connectivity index (χ2v) is 7.16. The first-order valence-electron chi connectivity index (χ1n) is 9.08. The Kier molecular flexibility index (Phi) is 6.62. The smallest absolute Gasteiger partial charge is 0.336 e. The van der Waals surface area contributed by atoms with E-state index in [1.807, 2.05) is 35.6 Å². The van der Waals surface area contributed by atoms with E-state index in [2.05, 4.69) is 0 Å². The minimum atomic E-state index is -0.483. The van der Waals surface area contributed by atoms with Crippen molar-refractivity contribution in [1.82, 2.24) is 0 Å². The molecule has 0 bridgehead atoms. The van der Waals surface area contributed by atoms with Gasteiger partial charge < -0.3 is 19.6 Å². The van der Waals surface area contributed by atoms with Crippen LogP contribution in [0.5, 0.6) is 5.75 Å². The predicted octanol–water partition coefficient (Wildman–Crippen LogP) is 2.85. The lowest BCUT2D eigenvalue weighted by atomic mass is 9.99. The molecule has 0 spiro atoms. The van der Waals surface area contributed by atoms with Crippen LogP contribution in [0.4, 0.5) is 0 Å². The van der Waals surface area contributed by atoms with Crippen LogP contribution in [0.1, 0.15) is 18.4 Å². The molecular weight excluding hydrogens is 401 g/mol. The predicted molar refractivity (Wildman–Crippen MR) is 109 cm³/mol. The summed E-state index contributed by atoms with van der Waals surface area (Å²) in [5, 5.41) is 15.4. The number of fused-ring (bicyclic) bond motifs is 1. The number of hydrogen-bond donors (Lipinski definition) is 1. The van der Waals surface area contributed by atoms with Crippen LogP contribution in [-0.4, -0.2) is 19.3 Å². The molecule has 1 aromatic heterocycles. The zero-order valence-electron chi connectivity index (χ0n) is 15.2. The quantitative estimate of drug-likeness (QED) is 0.642. The summed E-state index contributed by atoms with van der Waals surface area (Å²) in [5.74, 6) is -0.291. The van der Waals surface area contributed by atoms with E-state index in [9.17, 15) is 9.90 Å². The lowest BCUT2D eigenvalue weighted by molar-refractivity contribution is -0.676. The minimum absolute atomic E-state index is 0. The highest BCUT2D eigenvalue weighted by molar-refractivity contribution is 6.33. The van der Waals surface area contributed by atoms with Gasteiger partial charge in [0.25, 0.3) is 0 Å². The summed E-state index contributed by atoms with van der Waals surface area (Å²) in [4.78, 5) is 12.2. The molecule has 1 saturated heterocycles. The minimum Gasteiger partial charge on any atom is -0.871 e. The van der Waals surface area contributed by atoms with Crippen LogP contribution in [-0.2, 0) is 11.3 Å². The van der Waals surface area contributed by atoms with Crippen molar-refractivity contribution in [2.45, 2.75) is 25.5 Å².